The van der Waals surface area contributed by atoms with Gasteiger partial charge in [-0.25, -0.2) is 4.39 Å². The molecule has 1 fully saturated rings. The van der Waals surface area contributed by atoms with Crippen LogP contribution in [0.1, 0.15) is 24.0 Å². The molecule has 1 saturated carbocycles. The van der Waals surface area contributed by atoms with Crippen LogP contribution in [0.4, 0.5) is 4.39 Å². The molecular weight excluding hydrogens is 189 g/mol. The van der Waals surface area contributed by atoms with Gasteiger partial charge in [0.1, 0.15) is 5.82 Å². The van der Waals surface area contributed by atoms with Crippen LogP contribution in [0.15, 0.2) is 12.1 Å². The zero-order valence-corrected chi connectivity index (χ0v) is 8.16. The van der Waals surface area contributed by atoms with Crippen molar-refractivity contribution in [2.24, 2.45) is 5.73 Å². The number of benzene rings is 1. The van der Waals surface area contributed by atoms with Crippen LogP contribution in [-0.4, -0.2) is 0 Å². The molecule has 0 aromatic heterocycles. The van der Waals surface area contributed by atoms with Gasteiger partial charge in [-0.15, -0.1) is 0 Å². The summed E-state index contributed by atoms with van der Waals surface area (Å²) in [4.78, 5) is 0. The van der Waals surface area contributed by atoms with Crippen molar-refractivity contribution in [3.8, 4) is 0 Å². The number of hydrogen-bond donors (Lipinski definition) is 1. The summed E-state index contributed by atoms with van der Waals surface area (Å²) in [6, 6.07) is 3.10. The maximum Gasteiger partial charge on any atom is 0.129 e. The predicted molar refractivity (Wildman–Crippen MR) is 51.2 cm³/mol. The molecule has 0 bridgehead atoms. The molecule has 0 amide bonds. The van der Waals surface area contributed by atoms with Crippen molar-refractivity contribution in [1.29, 1.82) is 0 Å². The average Bonchev–Trinajstić information content (AvgIpc) is 2.77. The van der Waals surface area contributed by atoms with Crippen LogP contribution in [0.2, 0.25) is 5.02 Å². The van der Waals surface area contributed by atoms with Crippen molar-refractivity contribution in [3.63, 3.8) is 0 Å². The summed E-state index contributed by atoms with van der Waals surface area (Å²) in [6.07, 6.45) is 1.73. The highest BCUT2D eigenvalue weighted by atomic mass is 35.5. The highest BCUT2D eigenvalue weighted by molar-refractivity contribution is 6.31. The fraction of sp³-hybridized carbons (Fsp3) is 0.400. The van der Waals surface area contributed by atoms with Gasteiger partial charge in [-0.05, 0) is 37.5 Å². The minimum atomic E-state index is -0.417. The lowest BCUT2D eigenvalue weighted by atomic mass is 10.0. The monoisotopic (exact) mass is 199 g/mol. The molecule has 0 saturated heterocycles. The first-order valence-corrected chi connectivity index (χ1v) is 4.66. The smallest absolute Gasteiger partial charge is 0.129 e. The Kier molecular flexibility index (Phi) is 1.86. The Morgan fingerprint density at radius 3 is 2.62 bits per heavy atom. The lowest BCUT2D eigenvalue weighted by molar-refractivity contribution is 0.577. The first kappa shape index (κ1) is 8.97. The molecule has 2 rings (SSSR count). The summed E-state index contributed by atoms with van der Waals surface area (Å²) < 4.78 is 13.4. The van der Waals surface area contributed by atoms with Crippen LogP contribution in [-0.2, 0) is 5.54 Å². The molecule has 13 heavy (non-hydrogen) atoms. The van der Waals surface area contributed by atoms with Crippen molar-refractivity contribution in [1.82, 2.24) is 0 Å². The van der Waals surface area contributed by atoms with Crippen molar-refractivity contribution < 1.29 is 4.39 Å². The summed E-state index contributed by atoms with van der Waals surface area (Å²) in [5, 5.41) is 0.463. The standard InChI is InChI=1S/C10H11ClFN/c1-6-4-7(10(13)2-3-10)9(12)5-8(6)11/h4-5H,2-3,13H2,1H3. The van der Waals surface area contributed by atoms with E-state index in [1.807, 2.05) is 6.92 Å². The molecule has 1 aliphatic rings. The number of halogens is 2. The van der Waals surface area contributed by atoms with E-state index in [1.165, 1.54) is 6.07 Å². The molecule has 70 valence electrons. The van der Waals surface area contributed by atoms with E-state index in [0.717, 1.165) is 18.4 Å². The quantitative estimate of drug-likeness (QED) is 0.740. The van der Waals surface area contributed by atoms with Crippen molar-refractivity contribution >= 4 is 11.6 Å². The highest BCUT2D eigenvalue weighted by Gasteiger charge is 2.42. The minimum Gasteiger partial charge on any atom is -0.321 e. The molecule has 0 spiro atoms. The Morgan fingerprint density at radius 2 is 2.08 bits per heavy atom. The Labute approximate surface area is 81.7 Å². The van der Waals surface area contributed by atoms with Crippen molar-refractivity contribution in [2.75, 3.05) is 0 Å². The van der Waals surface area contributed by atoms with E-state index in [9.17, 15) is 4.39 Å². The highest BCUT2D eigenvalue weighted by Crippen LogP contribution is 2.44. The molecule has 3 heteroatoms. The van der Waals surface area contributed by atoms with Crippen LogP contribution in [0.5, 0.6) is 0 Å². The molecule has 2 N–H and O–H groups in total. The van der Waals surface area contributed by atoms with Crippen LogP contribution in [0.3, 0.4) is 0 Å². The average molecular weight is 200 g/mol. The van der Waals surface area contributed by atoms with Gasteiger partial charge in [0.15, 0.2) is 0 Å². The third kappa shape index (κ3) is 1.45. The topological polar surface area (TPSA) is 26.0 Å². The maximum absolute atomic E-state index is 13.4. The number of nitrogens with two attached hydrogens (primary N) is 1. The SMILES string of the molecule is Cc1cc(C2(N)CC2)c(F)cc1Cl. The van der Waals surface area contributed by atoms with E-state index in [2.05, 4.69) is 0 Å². The van der Waals surface area contributed by atoms with Gasteiger partial charge in [-0.1, -0.05) is 11.6 Å². The van der Waals surface area contributed by atoms with E-state index in [-0.39, 0.29) is 5.82 Å². The second kappa shape index (κ2) is 2.69. The Morgan fingerprint density at radius 1 is 1.46 bits per heavy atom. The molecule has 0 atom stereocenters. The van der Waals surface area contributed by atoms with E-state index in [1.54, 1.807) is 6.07 Å². The van der Waals surface area contributed by atoms with Crippen LogP contribution >= 0.6 is 11.6 Å². The van der Waals surface area contributed by atoms with Crippen molar-refractivity contribution in [3.05, 3.63) is 34.1 Å². The lowest BCUT2D eigenvalue weighted by Crippen LogP contribution is -2.20. The summed E-state index contributed by atoms with van der Waals surface area (Å²) in [7, 11) is 0. The van der Waals surface area contributed by atoms with Gasteiger partial charge in [0.25, 0.3) is 0 Å². The Bertz CT molecular complexity index is 358. The maximum atomic E-state index is 13.4. The molecule has 1 nitrogen and oxygen atoms in total. The van der Waals surface area contributed by atoms with E-state index < -0.39 is 5.54 Å². The molecule has 1 aromatic rings. The van der Waals surface area contributed by atoms with E-state index in [4.69, 9.17) is 17.3 Å². The van der Waals surface area contributed by atoms with Crippen LogP contribution in [0, 0.1) is 12.7 Å². The molecule has 0 aliphatic heterocycles. The van der Waals surface area contributed by atoms with Gasteiger partial charge in [-0.3, -0.25) is 0 Å². The van der Waals surface area contributed by atoms with E-state index in [0.29, 0.717) is 10.6 Å². The second-order valence-corrected chi connectivity index (χ2v) is 4.14. The third-order valence-electron chi connectivity index (χ3n) is 2.57. The zero-order chi connectivity index (χ0) is 9.64. The first-order valence-electron chi connectivity index (χ1n) is 4.28. The van der Waals surface area contributed by atoms with Gasteiger partial charge in [0.2, 0.25) is 0 Å². The van der Waals surface area contributed by atoms with Gasteiger partial charge in [0.05, 0.1) is 0 Å². The van der Waals surface area contributed by atoms with Gasteiger partial charge >= 0.3 is 0 Å². The number of rotatable bonds is 1. The molecule has 0 unspecified atom stereocenters. The fourth-order valence-corrected chi connectivity index (χ4v) is 1.59. The predicted octanol–water partition coefficient (Wildman–Crippen LogP) is 2.74. The Hall–Kier alpha value is -0.600. The minimum absolute atomic E-state index is 0.282. The summed E-state index contributed by atoms with van der Waals surface area (Å²) >= 11 is 5.78. The first-order chi connectivity index (χ1) is 6.03. The fourth-order valence-electron chi connectivity index (χ4n) is 1.44. The molecule has 0 radical (unpaired) electrons. The number of hydrogen-bond acceptors (Lipinski definition) is 1. The van der Waals surface area contributed by atoms with Crippen LogP contribution in [0.25, 0.3) is 0 Å². The molecule has 0 heterocycles. The van der Waals surface area contributed by atoms with Gasteiger partial charge < -0.3 is 5.73 Å². The third-order valence-corrected chi connectivity index (χ3v) is 2.98. The van der Waals surface area contributed by atoms with Gasteiger partial charge in [-0.2, -0.15) is 0 Å². The molecule has 1 aliphatic carbocycles. The lowest BCUT2D eigenvalue weighted by Gasteiger charge is -2.11. The second-order valence-electron chi connectivity index (χ2n) is 3.74. The normalized spacial score (nSPS) is 18.8. The van der Waals surface area contributed by atoms with Crippen LogP contribution < -0.4 is 5.73 Å². The number of aryl methyl sites for hydroxylation is 1. The van der Waals surface area contributed by atoms with Gasteiger partial charge in [0, 0.05) is 16.1 Å². The van der Waals surface area contributed by atoms with E-state index >= 15 is 0 Å². The summed E-state index contributed by atoms with van der Waals surface area (Å²) in [5.41, 5.74) is 6.98. The molecular formula is C10H11ClFN. The zero-order valence-electron chi connectivity index (χ0n) is 7.40. The summed E-state index contributed by atoms with van der Waals surface area (Å²) in [6.45, 7) is 1.86. The van der Waals surface area contributed by atoms with Crippen molar-refractivity contribution in [2.45, 2.75) is 25.3 Å². The summed E-state index contributed by atoms with van der Waals surface area (Å²) in [5.74, 6) is -0.282. The Balaban J connectivity index is 2.52. The largest absolute Gasteiger partial charge is 0.321 e. The molecule has 1 aromatic carbocycles.